The first-order valence-corrected chi connectivity index (χ1v) is 7.78. The molecule has 16 heavy (non-hydrogen) atoms. The van der Waals surface area contributed by atoms with Crippen LogP contribution in [0, 0.1) is 11.3 Å². The van der Waals surface area contributed by atoms with Gasteiger partial charge in [0.25, 0.3) is 0 Å². The highest BCUT2D eigenvalue weighted by Gasteiger charge is 2.45. The van der Waals surface area contributed by atoms with Gasteiger partial charge < -0.3 is 11.1 Å². The van der Waals surface area contributed by atoms with Gasteiger partial charge >= 0.3 is 0 Å². The summed E-state index contributed by atoms with van der Waals surface area (Å²) in [5.74, 6) is 3.49. The first-order valence-electron chi connectivity index (χ1n) is 6.62. The third kappa shape index (κ3) is 2.57. The average Bonchev–Trinajstić information content (AvgIpc) is 3.04. The Bertz CT molecular complexity index is 238. The van der Waals surface area contributed by atoms with E-state index in [1.807, 2.05) is 0 Å². The molecule has 2 nitrogen and oxygen atoms in total. The molecule has 1 aliphatic carbocycles. The molecule has 0 aromatic heterocycles. The van der Waals surface area contributed by atoms with Crippen LogP contribution in [-0.2, 0) is 0 Å². The van der Waals surface area contributed by atoms with Gasteiger partial charge in [0.1, 0.15) is 0 Å². The van der Waals surface area contributed by atoms with Crippen LogP contribution in [0.5, 0.6) is 0 Å². The fraction of sp³-hybridized carbons (Fsp3) is 1.00. The highest BCUT2D eigenvalue weighted by atomic mass is 32.2. The van der Waals surface area contributed by atoms with E-state index in [0.29, 0.717) is 5.41 Å². The van der Waals surface area contributed by atoms with Crippen molar-refractivity contribution in [2.45, 2.75) is 45.1 Å². The molecule has 0 radical (unpaired) electrons. The molecule has 2 fully saturated rings. The van der Waals surface area contributed by atoms with Crippen LogP contribution >= 0.6 is 11.8 Å². The Kier molecular flexibility index (Phi) is 3.87. The summed E-state index contributed by atoms with van der Waals surface area (Å²) in [5, 5.41) is 3.80. The molecule has 2 rings (SSSR count). The van der Waals surface area contributed by atoms with Gasteiger partial charge in [0, 0.05) is 17.8 Å². The van der Waals surface area contributed by atoms with E-state index in [1.54, 1.807) is 0 Å². The van der Waals surface area contributed by atoms with Crippen molar-refractivity contribution in [3.8, 4) is 0 Å². The van der Waals surface area contributed by atoms with Gasteiger partial charge in [0.2, 0.25) is 0 Å². The zero-order valence-electron chi connectivity index (χ0n) is 10.7. The molecule has 0 amide bonds. The van der Waals surface area contributed by atoms with Gasteiger partial charge in [0.05, 0.1) is 0 Å². The summed E-state index contributed by atoms with van der Waals surface area (Å²) in [5.41, 5.74) is 6.59. The lowest BCUT2D eigenvalue weighted by Crippen LogP contribution is -2.64. The Morgan fingerprint density at radius 3 is 2.69 bits per heavy atom. The Labute approximate surface area is 104 Å². The molecule has 0 spiro atoms. The second-order valence-electron chi connectivity index (χ2n) is 6.13. The SMILES string of the molecule is CC1(C)CCSCC1(CN)NCCC1CC1. The van der Waals surface area contributed by atoms with E-state index >= 15 is 0 Å². The molecule has 1 saturated carbocycles. The molecule has 1 aliphatic heterocycles. The van der Waals surface area contributed by atoms with Gasteiger partial charge in [0.15, 0.2) is 0 Å². The van der Waals surface area contributed by atoms with E-state index in [1.165, 1.54) is 37.2 Å². The van der Waals surface area contributed by atoms with Gasteiger partial charge in [-0.15, -0.1) is 0 Å². The molecule has 2 aliphatic rings. The number of hydrogen-bond acceptors (Lipinski definition) is 3. The number of hydrogen-bond donors (Lipinski definition) is 2. The second-order valence-corrected chi connectivity index (χ2v) is 7.24. The standard InChI is InChI=1S/C13H26N2S/c1-12(2)6-8-16-10-13(12,9-14)15-7-5-11-3-4-11/h11,15H,3-10,14H2,1-2H3. The van der Waals surface area contributed by atoms with Crippen molar-refractivity contribution < 1.29 is 0 Å². The van der Waals surface area contributed by atoms with Gasteiger partial charge in [-0.3, -0.25) is 0 Å². The van der Waals surface area contributed by atoms with E-state index in [9.17, 15) is 0 Å². The minimum absolute atomic E-state index is 0.171. The molecule has 0 aromatic carbocycles. The second kappa shape index (κ2) is 4.87. The zero-order chi connectivity index (χ0) is 11.6. The van der Waals surface area contributed by atoms with Crippen LogP contribution in [0.25, 0.3) is 0 Å². The summed E-state index contributed by atoms with van der Waals surface area (Å²) in [6, 6.07) is 0. The third-order valence-electron chi connectivity index (χ3n) is 4.58. The summed E-state index contributed by atoms with van der Waals surface area (Å²) in [7, 11) is 0. The Morgan fingerprint density at radius 2 is 2.12 bits per heavy atom. The summed E-state index contributed by atoms with van der Waals surface area (Å²) in [4.78, 5) is 0. The number of thioether (sulfide) groups is 1. The topological polar surface area (TPSA) is 38.0 Å². The Balaban J connectivity index is 1.91. The van der Waals surface area contributed by atoms with Crippen LogP contribution in [0.4, 0.5) is 0 Å². The first-order chi connectivity index (χ1) is 7.60. The highest BCUT2D eigenvalue weighted by Crippen LogP contribution is 2.42. The van der Waals surface area contributed by atoms with Crippen molar-refractivity contribution >= 4 is 11.8 Å². The number of nitrogens with two attached hydrogens (primary N) is 1. The van der Waals surface area contributed by atoms with E-state index in [4.69, 9.17) is 5.73 Å². The maximum absolute atomic E-state index is 6.07. The van der Waals surface area contributed by atoms with Gasteiger partial charge in [-0.05, 0) is 36.5 Å². The van der Waals surface area contributed by atoms with Crippen LogP contribution < -0.4 is 11.1 Å². The van der Waals surface area contributed by atoms with Gasteiger partial charge in [-0.1, -0.05) is 26.7 Å². The lowest BCUT2D eigenvalue weighted by molar-refractivity contribution is 0.136. The Hall–Kier alpha value is 0.270. The van der Waals surface area contributed by atoms with Crippen molar-refractivity contribution in [2.75, 3.05) is 24.6 Å². The minimum atomic E-state index is 0.171. The van der Waals surface area contributed by atoms with Crippen molar-refractivity contribution in [2.24, 2.45) is 17.1 Å². The smallest absolute Gasteiger partial charge is 0.0447 e. The fourth-order valence-electron chi connectivity index (χ4n) is 2.63. The third-order valence-corrected chi connectivity index (χ3v) is 5.77. The largest absolute Gasteiger partial charge is 0.329 e. The monoisotopic (exact) mass is 242 g/mol. The number of rotatable bonds is 5. The lowest BCUT2D eigenvalue weighted by atomic mass is 9.70. The van der Waals surface area contributed by atoms with Crippen molar-refractivity contribution in [1.82, 2.24) is 5.32 Å². The lowest BCUT2D eigenvalue weighted by Gasteiger charge is -2.50. The molecule has 0 aromatic rings. The van der Waals surface area contributed by atoms with Gasteiger partial charge in [-0.25, -0.2) is 0 Å². The molecule has 3 heteroatoms. The van der Waals surface area contributed by atoms with Crippen LogP contribution in [0.2, 0.25) is 0 Å². The predicted molar refractivity (Wildman–Crippen MR) is 72.9 cm³/mol. The summed E-state index contributed by atoms with van der Waals surface area (Å²) >= 11 is 2.06. The van der Waals surface area contributed by atoms with E-state index in [-0.39, 0.29) is 5.54 Å². The highest BCUT2D eigenvalue weighted by molar-refractivity contribution is 7.99. The van der Waals surface area contributed by atoms with Crippen molar-refractivity contribution in [3.63, 3.8) is 0 Å². The Morgan fingerprint density at radius 1 is 1.38 bits per heavy atom. The molecule has 0 bridgehead atoms. The summed E-state index contributed by atoms with van der Waals surface area (Å²) < 4.78 is 0. The van der Waals surface area contributed by atoms with Crippen LogP contribution in [-0.4, -0.2) is 30.1 Å². The molecule has 3 N–H and O–H groups in total. The molecule has 1 saturated heterocycles. The molecule has 1 heterocycles. The van der Waals surface area contributed by atoms with E-state index in [2.05, 4.69) is 30.9 Å². The van der Waals surface area contributed by atoms with Crippen molar-refractivity contribution in [3.05, 3.63) is 0 Å². The maximum atomic E-state index is 6.07. The van der Waals surface area contributed by atoms with E-state index < -0.39 is 0 Å². The van der Waals surface area contributed by atoms with E-state index in [0.717, 1.165) is 19.0 Å². The molecular weight excluding hydrogens is 216 g/mol. The normalized spacial score (nSPS) is 33.9. The summed E-state index contributed by atoms with van der Waals surface area (Å²) in [6.07, 6.45) is 5.54. The average molecular weight is 242 g/mol. The fourth-order valence-corrected chi connectivity index (χ4v) is 4.39. The van der Waals surface area contributed by atoms with Crippen LogP contribution in [0.15, 0.2) is 0 Å². The van der Waals surface area contributed by atoms with Crippen molar-refractivity contribution in [1.29, 1.82) is 0 Å². The first kappa shape index (κ1) is 12.7. The van der Waals surface area contributed by atoms with Crippen LogP contribution in [0.3, 0.4) is 0 Å². The maximum Gasteiger partial charge on any atom is 0.0447 e. The van der Waals surface area contributed by atoms with Gasteiger partial charge in [-0.2, -0.15) is 11.8 Å². The zero-order valence-corrected chi connectivity index (χ0v) is 11.5. The predicted octanol–water partition coefficient (Wildman–Crippen LogP) is 2.24. The molecule has 1 atom stereocenters. The summed E-state index contributed by atoms with van der Waals surface area (Å²) in [6.45, 7) is 6.69. The molecular formula is C13H26N2S. The number of nitrogens with one attached hydrogen (secondary N) is 1. The quantitative estimate of drug-likeness (QED) is 0.776. The molecule has 94 valence electrons. The molecule has 1 unspecified atom stereocenters. The minimum Gasteiger partial charge on any atom is -0.329 e. The van der Waals surface area contributed by atoms with Crippen LogP contribution in [0.1, 0.15) is 39.5 Å².